The Morgan fingerprint density at radius 3 is 3.05 bits per heavy atom. The van der Waals surface area contributed by atoms with Gasteiger partial charge in [-0.15, -0.1) is 0 Å². The number of nitrogen functional groups attached to an aromatic ring is 1. The first kappa shape index (κ1) is 13.5. The SMILES string of the molecule is CCC1C(=O)NCCN1C(=O)c1c[nH]c2cc(N)ccc12. The number of amides is 2. The summed E-state index contributed by atoms with van der Waals surface area (Å²) < 4.78 is 0. The van der Waals surface area contributed by atoms with E-state index in [-0.39, 0.29) is 11.8 Å². The van der Waals surface area contributed by atoms with Crippen LogP contribution in [0, 0.1) is 0 Å². The number of anilines is 1. The Hall–Kier alpha value is -2.50. The average molecular weight is 286 g/mol. The zero-order valence-corrected chi connectivity index (χ0v) is 11.8. The number of nitrogens with two attached hydrogens (primary N) is 1. The molecule has 1 fully saturated rings. The number of hydrogen-bond donors (Lipinski definition) is 3. The third-order valence-electron chi connectivity index (χ3n) is 3.91. The molecule has 1 saturated heterocycles. The molecule has 1 aromatic heterocycles. The number of nitrogens with zero attached hydrogens (tertiary/aromatic N) is 1. The molecule has 0 saturated carbocycles. The van der Waals surface area contributed by atoms with Crippen molar-refractivity contribution in [2.45, 2.75) is 19.4 Å². The summed E-state index contributed by atoms with van der Waals surface area (Å²) in [6.07, 6.45) is 2.29. The average Bonchev–Trinajstić information content (AvgIpc) is 2.89. The molecule has 1 aromatic carbocycles. The van der Waals surface area contributed by atoms with Crippen LogP contribution in [0.2, 0.25) is 0 Å². The van der Waals surface area contributed by atoms with Gasteiger partial charge in [0, 0.05) is 35.9 Å². The van der Waals surface area contributed by atoms with E-state index >= 15 is 0 Å². The van der Waals surface area contributed by atoms with Crippen LogP contribution in [-0.4, -0.2) is 40.8 Å². The summed E-state index contributed by atoms with van der Waals surface area (Å²) in [6, 6.07) is 5.00. The van der Waals surface area contributed by atoms with Crippen molar-refractivity contribution in [2.75, 3.05) is 18.8 Å². The Labute approximate surface area is 122 Å². The topological polar surface area (TPSA) is 91.2 Å². The Morgan fingerprint density at radius 1 is 1.48 bits per heavy atom. The summed E-state index contributed by atoms with van der Waals surface area (Å²) in [6.45, 7) is 2.94. The van der Waals surface area contributed by atoms with E-state index in [1.807, 2.05) is 13.0 Å². The number of carbonyl (C=O) groups excluding carboxylic acids is 2. The zero-order valence-electron chi connectivity index (χ0n) is 11.8. The molecule has 0 spiro atoms. The standard InChI is InChI=1S/C15H18N4O2/c1-2-13-14(20)17-5-6-19(13)15(21)11-8-18-12-7-9(16)3-4-10(11)12/h3-4,7-8,13,18H,2,5-6,16H2,1H3,(H,17,20). The maximum atomic E-state index is 12.8. The van der Waals surface area contributed by atoms with Gasteiger partial charge in [-0.05, 0) is 24.6 Å². The van der Waals surface area contributed by atoms with Gasteiger partial charge in [0.25, 0.3) is 5.91 Å². The Kier molecular flexibility index (Phi) is 3.29. The number of benzene rings is 1. The monoisotopic (exact) mass is 286 g/mol. The highest BCUT2D eigenvalue weighted by atomic mass is 16.2. The lowest BCUT2D eigenvalue weighted by molar-refractivity contribution is -0.127. The Morgan fingerprint density at radius 2 is 2.29 bits per heavy atom. The lowest BCUT2D eigenvalue weighted by Gasteiger charge is -2.34. The summed E-state index contributed by atoms with van der Waals surface area (Å²) >= 11 is 0. The quantitative estimate of drug-likeness (QED) is 0.722. The molecule has 0 aliphatic carbocycles. The molecule has 0 bridgehead atoms. The summed E-state index contributed by atoms with van der Waals surface area (Å²) in [5.41, 5.74) is 7.80. The minimum atomic E-state index is -0.398. The maximum absolute atomic E-state index is 12.8. The Bertz CT molecular complexity index is 707. The first-order valence-corrected chi connectivity index (χ1v) is 7.07. The number of H-pyrrole nitrogens is 1. The van der Waals surface area contributed by atoms with Crippen molar-refractivity contribution < 1.29 is 9.59 Å². The molecule has 21 heavy (non-hydrogen) atoms. The van der Waals surface area contributed by atoms with Gasteiger partial charge in [-0.3, -0.25) is 9.59 Å². The van der Waals surface area contributed by atoms with Crippen LogP contribution in [0.1, 0.15) is 23.7 Å². The second kappa shape index (κ2) is 5.12. The molecule has 2 aromatic rings. The molecule has 6 nitrogen and oxygen atoms in total. The highest BCUT2D eigenvalue weighted by molar-refractivity contribution is 6.08. The largest absolute Gasteiger partial charge is 0.399 e. The third-order valence-corrected chi connectivity index (χ3v) is 3.91. The lowest BCUT2D eigenvalue weighted by atomic mass is 10.1. The first-order chi connectivity index (χ1) is 10.1. The molecule has 2 amide bonds. The van der Waals surface area contributed by atoms with Crippen molar-refractivity contribution in [2.24, 2.45) is 0 Å². The van der Waals surface area contributed by atoms with Gasteiger partial charge in [-0.25, -0.2) is 0 Å². The minimum absolute atomic E-state index is 0.0822. The maximum Gasteiger partial charge on any atom is 0.256 e. The van der Waals surface area contributed by atoms with E-state index in [1.54, 1.807) is 23.2 Å². The number of fused-ring (bicyclic) bond motifs is 1. The second-order valence-electron chi connectivity index (χ2n) is 5.22. The van der Waals surface area contributed by atoms with Gasteiger partial charge in [0.1, 0.15) is 6.04 Å². The van der Waals surface area contributed by atoms with Crippen LogP contribution < -0.4 is 11.1 Å². The highest BCUT2D eigenvalue weighted by Gasteiger charge is 2.32. The fourth-order valence-corrected chi connectivity index (χ4v) is 2.84. The number of piperazine rings is 1. The number of hydrogen-bond acceptors (Lipinski definition) is 3. The van der Waals surface area contributed by atoms with Crippen molar-refractivity contribution in [3.05, 3.63) is 30.0 Å². The van der Waals surface area contributed by atoms with E-state index in [0.717, 1.165) is 10.9 Å². The van der Waals surface area contributed by atoms with Crippen LogP contribution in [0.25, 0.3) is 10.9 Å². The molecule has 0 radical (unpaired) electrons. The fraction of sp³-hybridized carbons (Fsp3) is 0.333. The number of nitrogens with one attached hydrogen (secondary N) is 2. The Balaban J connectivity index is 1.98. The van der Waals surface area contributed by atoms with Crippen LogP contribution >= 0.6 is 0 Å². The van der Waals surface area contributed by atoms with Crippen molar-refractivity contribution in [1.29, 1.82) is 0 Å². The van der Waals surface area contributed by atoms with Crippen LogP contribution in [-0.2, 0) is 4.79 Å². The molecule has 110 valence electrons. The second-order valence-corrected chi connectivity index (χ2v) is 5.22. The molecular formula is C15H18N4O2. The predicted molar refractivity (Wildman–Crippen MR) is 80.8 cm³/mol. The first-order valence-electron chi connectivity index (χ1n) is 7.07. The fourth-order valence-electron chi connectivity index (χ4n) is 2.84. The van der Waals surface area contributed by atoms with E-state index in [2.05, 4.69) is 10.3 Å². The molecule has 6 heteroatoms. The van der Waals surface area contributed by atoms with Crippen LogP contribution in [0.3, 0.4) is 0 Å². The summed E-state index contributed by atoms with van der Waals surface area (Å²) in [5, 5.41) is 3.63. The van der Waals surface area contributed by atoms with Crippen molar-refractivity contribution in [1.82, 2.24) is 15.2 Å². The van der Waals surface area contributed by atoms with E-state index in [1.165, 1.54) is 0 Å². The van der Waals surface area contributed by atoms with Crippen molar-refractivity contribution in [3.8, 4) is 0 Å². The molecule has 3 rings (SSSR count). The van der Waals surface area contributed by atoms with Crippen molar-refractivity contribution >= 4 is 28.4 Å². The molecule has 1 aliphatic rings. The number of rotatable bonds is 2. The lowest BCUT2D eigenvalue weighted by Crippen LogP contribution is -2.56. The van der Waals surface area contributed by atoms with Gasteiger partial charge in [0.15, 0.2) is 0 Å². The summed E-state index contributed by atoms with van der Waals surface area (Å²) in [4.78, 5) is 29.4. The number of carbonyl (C=O) groups is 2. The van der Waals surface area contributed by atoms with E-state index in [4.69, 9.17) is 5.73 Å². The van der Waals surface area contributed by atoms with Gasteiger partial charge in [0.05, 0.1) is 5.56 Å². The molecule has 1 unspecified atom stereocenters. The normalized spacial score (nSPS) is 18.8. The molecule has 1 atom stereocenters. The molecule has 2 heterocycles. The molecule has 4 N–H and O–H groups in total. The summed E-state index contributed by atoms with van der Waals surface area (Å²) in [7, 11) is 0. The minimum Gasteiger partial charge on any atom is -0.399 e. The molecular weight excluding hydrogens is 268 g/mol. The predicted octanol–water partition coefficient (Wildman–Crippen LogP) is 1.10. The number of aromatic amines is 1. The van der Waals surface area contributed by atoms with Crippen LogP contribution in [0.15, 0.2) is 24.4 Å². The van der Waals surface area contributed by atoms with Gasteiger partial charge in [0.2, 0.25) is 5.91 Å². The van der Waals surface area contributed by atoms with Gasteiger partial charge >= 0.3 is 0 Å². The van der Waals surface area contributed by atoms with Crippen molar-refractivity contribution in [3.63, 3.8) is 0 Å². The van der Waals surface area contributed by atoms with Gasteiger partial charge in [-0.1, -0.05) is 6.92 Å². The smallest absolute Gasteiger partial charge is 0.256 e. The van der Waals surface area contributed by atoms with E-state index in [0.29, 0.717) is 30.8 Å². The molecule has 1 aliphatic heterocycles. The van der Waals surface area contributed by atoms with Gasteiger partial charge in [-0.2, -0.15) is 0 Å². The van der Waals surface area contributed by atoms with E-state index in [9.17, 15) is 9.59 Å². The third kappa shape index (κ3) is 2.22. The van der Waals surface area contributed by atoms with Crippen LogP contribution in [0.5, 0.6) is 0 Å². The van der Waals surface area contributed by atoms with E-state index < -0.39 is 6.04 Å². The number of aromatic nitrogens is 1. The van der Waals surface area contributed by atoms with Crippen LogP contribution in [0.4, 0.5) is 5.69 Å². The van der Waals surface area contributed by atoms with Gasteiger partial charge < -0.3 is 20.9 Å². The zero-order chi connectivity index (χ0) is 15.0. The summed E-state index contributed by atoms with van der Waals surface area (Å²) in [5.74, 6) is -0.200. The highest BCUT2D eigenvalue weighted by Crippen LogP contribution is 2.23.